The van der Waals surface area contributed by atoms with Crippen LogP contribution in [0.2, 0.25) is 0 Å². The Morgan fingerprint density at radius 1 is 1.20 bits per heavy atom. The molecular formula is HN3S2. The van der Waals surface area contributed by atoms with Crippen molar-refractivity contribution in [3.8, 4) is 0 Å². The Bertz CT molecular complexity index is 42.9. The third-order valence-corrected chi connectivity index (χ3v) is 1.22. The molecule has 5 heavy (non-hydrogen) atoms. The highest BCUT2D eigenvalue weighted by molar-refractivity contribution is 8.13. The van der Waals surface area contributed by atoms with E-state index in [9.17, 15) is 0 Å². The Morgan fingerprint density at radius 3 is 2.00 bits per heavy atom. The van der Waals surface area contributed by atoms with E-state index in [1.807, 2.05) is 0 Å². The summed E-state index contributed by atoms with van der Waals surface area (Å²) in [6.45, 7) is 0. The summed E-state index contributed by atoms with van der Waals surface area (Å²) in [5.74, 6) is 0. The fourth-order valence-corrected chi connectivity index (χ4v) is 0.750. The molecule has 0 bridgehead atoms. The van der Waals surface area contributed by atoms with Gasteiger partial charge in [-0.05, 0) is 0 Å². The lowest BCUT2D eigenvalue weighted by Crippen LogP contribution is -1.72. The van der Waals surface area contributed by atoms with E-state index in [1.165, 1.54) is 24.3 Å². The van der Waals surface area contributed by atoms with Gasteiger partial charge in [-0.1, -0.05) is 9.04 Å². The van der Waals surface area contributed by atoms with Crippen LogP contribution in [0.4, 0.5) is 0 Å². The summed E-state index contributed by atoms with van der Waals surface area (Å²) >= 11 is 2.49. The molecule has 0 fully saturated rings. The maximum atomic E-state index is 3.48. The molecule has 1 heterocycles. The summed E-state index contributed by atoms with van der Waals surface area (Å²) in [4.78, 5) is 0. The quantitative estimate of drug-likeness (QED) is 0.472. The second-order valence-electron chi connectivity index (χ2n) is 0.429. The number of hydrogen-bond donors (Lipinski definition) is 1. The van der Waals surface area contributed by atoms with Crippen molar-refractivity contribution in [2.24, 2.45) is 9.04 Å². The second-order valence-corrected chi connectivity index (χ2v) is 1.79. The highest BCUT2D eigenvalue weighted by Gasteiger charge is 1.88. The van der Waals surface area contributed by atoms with Crippen LogP contribution in [0.5, 0.6) is 0 Å². The van der Waals surface area contributed by atoms with Crippen LogP contribution >= 0.6 is 24.3 Å². The van der Waals surface area contributed by atoms with Gasteiger partial charge >= 0.3 is 0 Å². The lowest BCUT2D eigenvalue weighted by atomic mass is 13.2. The van der Waals surface area contributed by atoms with Crippen LogP contribution in [0.3, 0.4) is 0 Å². The van der Waals surface area contributed by atoms with E-state index in [4.69, 9.17) is 0 Å². The van der Waals surface area contributed by atoms with Gasteiger partial charge in [-0.25, -0.2) is 0 Å². The topological polar surface area (TPSA) is 36.8 Å². The minimum atomic E-state index is 1.25. The summed E-state index contributed by atoms with van der Waals surface area (Å²) < 4.78 is 9.68. The van der Waals surface area contributed by atoms with Gasteiger partial charge in [0, 0.05) is 0 Å². The fourth-order valence-electron chi connectivity index (χ4n) is 0.0833. The lowest BCUT2D eigenvalue weighted by molar-refractivity contribution is 1.56. The summed E-state index contributed by atoms with van der Waals surface area (Å²) in [7, 11) is 0. The van der Waals surface area contributed by atoms with Crippen molar-refractivity contribution in [1.82, 2.24) is 4.13 Å². The van der Waals surface area contributed by atoms with Gasteiger partial charge in [-0.15, -0.1) is 0 Å². The van der Waals surface area contributed by atoms with Gasteiger partial charge in [-0.2, -0.15) is 4.13 Å². The zero-order chi connectivity index (χ0) is 3.54. The molecule has 0 saturated heterocycles. The van der Waals surface area contributed by atoms with Crippen molar-refractivity contribution in [3.63, 3.8) is 0 Å². The van der Waals surface area contributed by atoms with Gasteiger partial charge in [-0.3, -0.25) is 0 Å². The first kappa shape index (κ1) is 3.45. The summed E-state index contributed by atoms with van der Waals surface area (Å²) in [6.07, 6.45) is 0. The van der Waals surface area contributed by atoms with Gasteiger partial charge < -0.3 is 0 Å². The number of nitrogens with one attached hydrogen (secondary N) is 1. The molecule has 0 atom stereocenters. The Hall–Kier alpha value is 0.260. The van der Waals surface area contributed by atoms with Crippen molar-refractivity contribution >= 4 is 24.3 Å². The SMILES string of the molecule is N1=NSNS1. The average Bonchev–Trinajstić information content (AvgIpc) is 1.76. The number of hydrogen-bond acceptors (Lipinski definition) is 5. The lowest BCUT2D eigenvalue weighted by Gasteiger charge is -1.67. The molecule has 1 aliphatic heterocycles. The Morgan fingerprint density at radius 2 is 1.80 bits per heavy atom. The first-order valence-corrected chi connectivity index (χ1v) is 2.52. The van der Waals surface area contributed by atoms with Crippen LogP contribution < -0.4 is 4.13 Å². The fraction of sp³-hybridized carbons (Fsp3) is 0. The molecule has 28 valence electrons. The van der Waals surface area contributed by atoms with E-state index in [0.29, 0.717) is 0 Å². The van der Waals surface area contributed by atoms with Crippen molar-refractivity contribution in [3.05, 3.63) is 0 Å². The van der Waals surface area contributed by atoms with E-state index >= 15 is 0 Å². The standard InChI is InChI=1S/HN3S2/c1-2-5-3-4-1/h3H. The molecule has 0 radical (unpaired) electrons. The van der Waals surface area contributed by atoms with E-state index in [0.717, 1.165) is 0 Å². The molecule has 0 amide bonds. The predicted octanol–water partition coefficient (Wildman–Crippen LogP) is 1.17. The normalized spacial score (nSPS) is 20.8. The van der Waals surface area contributed by atoms with Crippen molar-refractivity contribution in [2.75, 3.05) is 0 Å². The summed E-state index contributed by atoms with van der Waals surface area (Å²) in [5.41, 5.74) is 0. The Balaban J connectivity index is 2.32. The molecule has 5 heteroatoms. The van der Waals surface area contributed by atoms with Gasteiger partial charge in [0.2, 0.25) is 0 Å². The zero-order valence-electron chi connectivity index (χ0n) is 2.21. The van der Waals surface area contributed by atoms with E-state index in [2.05, 4.69) is 13.2 Å². The van der Waals surface area contributed by atoms with E-state index in [1.54, 1.807) is 0 Å². The molecule has 0 unspecified atom stereocenters. The van der Waals surface area contributed by atoms with E-state index in [-0.39, 0.29) is 0 Å². The van der Waals surface area contributed by atoms with Crippen molar-refractivity contribution in [1.29, 1.82) is 0 Å². The largest absolute Gasteiger partial charge is 0.165 e. The molecule has 3 nitrogen and oxygen atoms in total. The first-order chi connectivity index (χ1) is 2.50. The van der Waals surface area contributed by atoms with Crippen molar-refractivity contribution < 1.29 is 0 Å². The molecule has 1 rings (SSSR count). The monoisotopic (exact) mass is 107 g/mol. The summed E-state index contributed by atoms with van der Waals surface area (Å²) in [5, 5.41) is 0. The maximum absolute atomic E-state index is 3.48. The average molecular weight is 107 g/mol. The first-order valence-electron chi connectivity index (χ1n) is 0.973. The molecule has 0 saturated carbocycles. The highest BCUT2D eigenvalue weighted by Crippen LogP contribution is 2.15. The van der Waals surface area contributed by atoms with Gasteiger partial charge in [0.15, 0.2) is 0 Å². The molecule has 0 aromatic carbocycles. The molecular weight excluding hydrogens is 106 g/mol. The highest BCUT2D eigenvalue weighted by atomic mass is 32.2. The Labute approximate surface area is 38.2 Å². The number of nitrogens with zero attached hydrogens (tertiary/aromatic N) is 2. The maximum Gasteiger partial charge on any atom is 0.0957 e. The van der Waals surface area contributed by atoms with E-state index < -0.39 is 0 Å². The van der Waals surface area contributed by atoms with Crippen LogP contribution in [0, 0.1) is 0 Å². The number of rotatable bonds is 0. The summed E-state index contributed by atoms with van der Waals surface area (Å²) in [6, 6.07) is 0. The molecule has 1 aliphatic rings. The molecule has 0 aromatic heterocycles. The molecule has 0 aromatic rings. The smallest absolute Gasteiger partial charge is 0.0957 e. The van der Waals surface area contributed by atoms with Gasteiger partial charge in [0.05, 0.1) is 24.3 Å². The van der Waals surface area contributed by atoms with Gasteiger partial charge in [0.1, 0.15) is 0 Å². The van der Waals surface area contributed by atoms with Crippen LogP contribution in [-0.4, -0.2) is 0 Å². The molecule has 0 aliphatic carbocycles. The van der Waals surface area contributed by atoms with Crippen LogP contribution in [0.15, 0.2) is 9.04 Å². The third-order valence-electron chi connectivity index (χ3n) is 0.190. The zero-order valence-corrected chi connectivity index (χ0v) is 3.84. The predicted molar refractivity (Wildman–Crippen MR) is 23.2 cm³/mol. The third kappa shape index (κ3) is 0.786. The minimum Gasteiger partial charge on any atom is -0.165 e. The van der Waals surface area contributed by atoms with Crippen LogP contribution in [-0.2, 0) is 0 Å². The second kappa shape index (κ2) is 1.64. The van der Waals surface area contributed by atoms with Crippen LogP contribution in [0.1, 0.15) is 0 Å². The molecule has 0 spiro atoms. The van der Waals surface area contributed by atoms with Crippen molar-refractivity contribution in [2.45, 2.75) is 0 Å². The minimum absolute atomic E-state index is 1.25. The van der Waals surface area contributed by atoms with Crippen LogP contribution in [0.25, 0.3) is 0 Å². The molecule has 1 N–H and O–H groups in total. The Kier molecular flexibility index (Phi) is 1.13. The van der Waals surface area contributed by atoms with Gasteiger partial charge in [0.25, 0.3) is 0 Å².